The number of amides is 1. The van der Waals surface area contributed by atoms with Crippen LogP contribution in [0.2, 0.25) is 0 Å². The number of anilines is 1. The largest absolute Gasteiger partial charge is 0.308 e. The van der Waals surface area contributed by atoms with Crippen LogP contribution in [0, 0.1) is 6.92 Å². The van der Waals surface area contributed by atoms with Crippen LogP contribution in [0.3, 0.4) is 0 Å². The predicted molar refractivity (Wildman–Crippen MR) is 85.7 cm³/mol. The molecular formula is C16H20N2OS. The van der Waals surface area contributed by atoms with Crippen LogP contribution < -0.4 is 4.90 Å². The van der Waals surface area contributed by atoms with E-state index in [0.717, 1.165) is 17.1 Å². The topological polar surface area (TPSA) is 23.6 Å². The summed E-state index contributed by atoms with van der Waals surface area (Å²) in [7, 11) is 4.03. The average Bonchev–Trinajstić information content (AvgIpc) is 2.94. The number of benzene rings is 1. The molecule has 0 aliphatic rings. The lowest BCUT2D eigenvalue weighted by atomic mass is 10.2. The van der Waals surface area contributed by atoms with E-state index in [1.54, 1.807) is 0 Å². The lowest BCUT2D eigenvalue weighted by Crippen LogP contribution is -2.36. The van der Waals surface area contributed by atoms with Gasteiger partial charge in [-0.25, -0.2) is 0 Å². The molecule has 0 unspecified atom stereocenters. The van der Waals surface area contributed by atoms with Crippen LogP contribution >= 0.6 is 11.3 Å². The summed E-state index contributed by atoms with van der Waals surface area (Å²) in [6.45, 7) is 3.58. The van der Waals surface area contributed by atoms with Gasteiger partial charge in [0, 0.05) is 18.8 Å². The van der Waals surface area contributed by atoms with Crippen molar-refractivity contribution >= 4 is 22.9 Å². The Morgan fingerprint density at radius 2 is 1.80 bits per heavy atom. The van der Waals surface area contributed by atoms with Gasteiger partial charge < -0.3 is 9.80 Å². The highest BCUT2D eigenvalue weighted by molar-refractivity contribution is 7.12. The zero-order valence-electron chi connectivity index (χ0n) is 12.2. The van der Waals surface area contributed by atoms with E-state index >= 15 is 0 Å². The predicted octanol–water partition coefficient (Wildman–Crippen LogP) is 3.26. The van der Waals surface area contributed by atoms with Crippen molar-refractivity contribution in [2.24, 2.45) is 0 Å². The molecule has 1 amide bonds. The van der Waals surface area contributed by atoms with Crippen molar-refractivity contribution < 1.29 is 4.79 Å². The van der Waals surface area contributed by atoms with E-state index in [4.69, 9.17) is 0 Å². The van der Waals surface area contributed by atoms with Gasteiger partial charge in [-0.15, -0.1) is 11.3 Å². The van der Waals surface area contributed by atoms with Gasteiger partial charge in [-0.2, -0.15) is 0 Å². The Balaban J connectivity index is 2.24. The summed E-state index contributed by atoms with van der Waals surface area (Å²) < 4.78 is 0. The van der Waals surface area contributed by atoms with Gasteiger partial charge in [-0.05, 0) is 44.6 Å². The Kier molecular flexibility index (Phi) is 4.93. The van der Waals surface area contributed by atoms with Crippen LogP contribution in [-0.4, -0.2) is 38.0 Å². The highest BCUT2D eigenvalue weighted by Gasteiger charge is 2.18. The van der Waals surface area contributed by atoms with Crippen LogP contribution in [0.15, 0.2) is 41.8 Å². The fourth-order valence-corrected chi connectivity index (χ4v) is 2.58. The average molecular weight is 288 g/mol. The molecular weight excluding hydrogens is 268 g/mol. The maximum Gasteiger partial charge on any atom is 0.268 e. The van der Waals surface area contributed by atoms with Crippen molar-refractivity contribution in [1.82, 2.24) is 4.90 Å². The van der Waals surface area contributed by atoms with Crippen molar-refractivity contribution in [2.75, 3.05) is 32.1 Å². The minimum Gasteiger partial charge on any atom is -0.308 e. The van der Waals surface area contributed by atoms with Crippen molar-refractivity contribution in [3.63, 3.8) is 0 Å². The molecule has 1 heterocycles. The summed E-state index contributed by atoms with van der Waals surface area (Å²) in [5.74, 6) is 0.0747. The minimum absolute atomic E-state index is 0.0747. The number of nitrogens with zero attached hydrogens (tertiary/aromatic N) is 2. The zero-order valence-corrected chi connectivity index (χ0v) is 13.0. The Bertz CT molecular complexity index is 546. The van der Waals surface area contributed by atoms with E-state index in [1.807, 2.05) is 60.8 Å². The smallest absolute Gasteiger partial charge is 0.268 e. The molecule has 0 atom stereocenters. The maximum atomic E-state index is 12.6. The molecule has 106 valence electrons. The molecule has 0 aliphatic heterocycles. The summed E-state index contributed by atoms with van der Waals surface area (Å²) in [6.07, 6.45) is 0. The molecule has 20 heavy (non-hydrogen) atoms. The lowest BCUT2D eigenvalue weighted by Gasteiger charge is -2.24. The number of likely N-dealkylation sites (N-methyl/N-ethyl adjacent to an activating group) is 1. The number of hydrogen-bond acceptors (Lipinski definition) is 3. The summed E-state index contributed by atoms with van der Waals surface area (Å²) in [5.41, 5.74) is 2.15. The summed E-state index contributed by atoms with van der Waals surface area (Å²) >= 11 is 1.49. The molecule has 0 saturated heterocycles. The number of carbonyl (C=O) groups is 1. The van der Waals surface area contributed by atoms with Crippen LogP contribution in [0.4, 0.5) is 5.69 Å². The van der Waals surface area contributed by atoms with Gasteiger partial charge in [-0.1, -0.05) is 23.8 Å². The van der Waals surface area contributed by atoms with Gasteiger partial charge in [0.05, 0.1) is 4.88 Å². The molecule has 4 heteroatoms. The van der Waals surface area contributed by atoms with Gasteiger partial charge in [0.2, 0.25) is 0 Å². The molecule has 1 aromatic carbocycles. The van der Waals surface area contributed by atoms with Gasteiger partial charge in [0.1, 0.15) is 0 Å². The Morgan fingerprint density at radius 3 is 2.35 bits per heavy atom. The molecule has 2 aromatic rings. The van der Waals surface area contributed by atoms with Gasteiger partial charge >= 0.3 is 0 Å². The second kappa shape index (κ2) is 6.68. The van der Waals surface area contributed by atoms with Crippen LogP contribution in [-0.2, 0) is 0 Å². The third-order valence-corrected chi connectivity index (χ3v) is 3.95. The quantitative estimate of drug-likeness (QED) is 0.843. The van der Waals surface area contributed by atoms with Crippen molar-refractivity contribution in [3.8, 4) is 0 Å². The molecule has 0 bridgehead atoms. The molecule has 2 rings (SSSR count). The molecule has 0 fully saturated rings. The van der Waals surface area contributed by atoms with E-state index in [0.29, 0.717) is 6.54 Å². The number of carbonyl (C=O) groups excluding carboxylic acids is 1. The molecule has 0 saturated carbocycles. The van der Waals surface area contributed by atoms with Gasteiger partial charge in [0.15, 0.2) is 0 Å². The monoisotopic (exact) mass is 288 g/mol. The number of hydrogen-bond donors (Lipinski definition) is 0. The Morgan fingerprint density at radius 1 is 1.10 bits per heavy atom. The second-order valence-corrected chi connectivity index (χ2v) is 6.02. The molecule has 0 radical (unpaired) electrons. The molecule has 3 nitrogen and oxygen atoms in total. The Labute approximate surface area is 124 Å². The number of rotatable bonds is 5. The molecule has 0 N–H and O–H groups in total. The van der Waals surface area contributed by atoms with Crippen LogP contribution in [0.1, 0.15) is 15.2 Å². The third kappa shape index (κ3) is 3.68. The number of aryl methyl sites for hydroxylation is 1. The van der Waals surface area contributed by atoms with E-state index in [1.165, 1.54) is 16.9 Å². The Hall–Kier alpha value is -1.65. The number of thiophene rings is 1. The summed E-state index contributed by atoms with van der Waals surface area (Å²) in [6, 6.07) is 11.9. The van der Waals surface area contributed by atoms with Crippen molar-refractivity contribution in [3.05, 3.63) is 52.2 Å². The van der Waals surface area contributed by atoms with E-state index in [2.05, 4.69) is 11.8 Å². The van der Waals surface area contributed by atoms with Gasteiger partial charge in [0.25, 0.3) is 5.91 Å². The maximum absolute atomic E-state index is 12.6. The first-order valence-corrected chi connectivity index (χ1v) is 7.52. The summed E-state index contributed by atoms with van der Waals surface area (Å²) in [4.78, 5) is 17.3. The molecule has 0 spiro atoms. The zero-order chi connectivity index (χ0) is 14.5. The van der Waals surface area contributed by atoms with Gasteiger partial charge in [-0.3, -0.25) is 4.79 Å². The standard InChI is InChI=1S/C16H20N2OS/c1-13-6-8-14(9-7-13)18(11-10-17(2)3)16(19)15-5-4-12-20-15/h4-9,12H,10-11H2,1-3H3. The fourth-order valence-electron chi connectivity index (χ4n) is 1.91. The first-order chi connectivity index (χ1) is 9.58. The van der Waals surface area contributed by atoms with Crippen LogP contribution in [0.5, 0.6) is 0 Å². The summed E-state index contributed by atoms with van der Waals surface area (Å²) in [5, 5.41) is 1.94. The molecule has 1 aromatic heterocycles. The molecule has 0 aliphatic carbocycles. The van der Waals surface area contributed by atoms with E-state index in [-0.39, 0.29) is 5.91 Å². The van der Waals surface area contributed by atoms with E-state index < -0.39 is 0 Å². The van der Waals surface area contributed by atoms with Crippen molar-refractivity contribution in [2.45, 2.75) is 6.92 Å². The normalized spacial score (nSPS) is 10.8. The third-order valence-electron chi connectivity index (χ3n) is 3.09. The highest BCUT2D eigenvalue weighted by Crippen LogP contribution is 2.20. The minimum atomic E-state index is 0.0747. The fraction of sp³-hybridized carbons (Fsp3) is 0.312. The second-order valence-electron chi connectivity index (χ2n) is 5.07. The van der Waals surface area contributed by atoms with Crippen molar-refractivity contribution in [1.29, 1.82) is 0 Å². The van der Waals surface area contributed by atoms with E-state index in [9.17, 15) is 4.79 Å². The SMILES string of the molecule is Cc1ccc(N(CCN(C)C)C(=O)c2cccs2)cc1. The lowest BCUT2D eigenvalue weighted by molar-refractivity contribution is 0.0989. The van der Waals surface area contributed by atoms with Crippen LogP contribution in [0.25, 0.3) is 0 Å². The highest BCUT2D eigenvalue weighted by atomic mass is 32.1. The first kappa shape index (κ1) is 14.8. The first-order valence-electron chi connectivity index (χ1n) is 6.64.